The number of halogens is 1. The van der Waals surface area contributed by atoms with E-state index in [1.54, 1.807) is 31.3 Å². The molecule has 8 heteroatoms. The van der Waals surface area contributed by atoms with Crippen molar-refractivity contribution in [3.05, 3.63) is 52.7 Å². The number of hydrogen-bond donors (Lipinski definition) is 2. The molecule has 1 aromatic carbocycles. The average Bonchev–Trinajstić information content (AvgIpc) is 2.57. The molecule has 1 unspecified atom stereocenters. The lowest BCUT2D eigenvalue weighted by Crippen LogP contribution is -2.48. The van der Waals surface area contributed by atoms with Crippen LogP contribution < -0.4 is 11.1 Å². The third kappa shape index (κ3) is 3.25. The molecule has 1 aliphatic rings. The summed E-state index contributed by atoms with van der Waals surface area (Å²) < 4.78 is 27.8. The zero-order chi connectivity index (χ0) is 17.3. The van der Waals surface area contributed by atoms with Gasteiger partial charge in [0, 0.05) is 30.9 Å². The van der Waals surface area contributed by atoms with Crippen LogP contribution in [0.3, 0.4) is 0 Å². The van der Waals surface area contributed by atoms with Gasteiger partial charge in [0.1, 0.15) is 10.7 Å². The smallest absolute Gasteiger partial charge is 0.247 e. The van der Waals surface area contributed by atoms with Crippen LogP contribution in [0, 0.1) is 6.92 Å². The Morgan fingerprint density at radius 2 is 2.17 bits per heavy atom. The van der Waals surface area contributed by atoms with E-state index in [9.17, 15) is 8.42 Å². The molecule has 24 heavy (non-hydrogen) atoms. The van der Waals surface area contributed by atoms with Crippen molar-refractivity contribution in [3.8, 4) is 0 Å². The highest BCUT2D eigenvalue weighted by atomic mass is 35.5. The molecular formula is C16H19ClN4O2S. The molecule has 6 nitrogen and oxygen atoms in total. The van der Waals surface area contributed by atoms with Crippen LogP contribution in [-0.2, 0) is 10.0 Å². The number of nitrogens with zero attached hydrogens (tertiary/aromatic N) is 2. The molecular weight excluding hydrogens is 348 g/mol. The van der Waals surface area contributed by atoms with Gasteiger partial charge in [-0.3, -0.25) is 0 Å². The standard InChI is InChI=1S/C16H19ClN4O2S/c1-11-7-15(16(18)20-9-11)24(22,23)21-6-5-19-10-14(21)12-3-2-4-13(17)8-12/h2-4,7-9,14,19H,5-6,10H2,1H3,(H2,18,20). The first-order valence-electron chi connectivity index (χ1n) is 7.60. The minimum absolute atomic E-state index is 0.0176. The molecule has 1 saturated heterocycles. The Labute approximate surface area is 146 Å². The lowest BCUT2D eigenvalue weighted by molar-refractivity contribution is 0.271. The van der Waals surface area contributed by atoms with Crippen molar-refractivity contribution in [2.24, 2.45) is 0 Å². The molecule has 128 valence electrons. The molecule has 0 spiro atoms. The van der Waals surface area contributed by atoms with E-state index in [2.05, 4.69) is 10.3 Å². The Morgan fingerprint density at radius 1 is 1.38 bits per heavy atom. The van der Waals surface area contributed by atoms with Gasteiger partial charge in [0.15, 0.2) is 0 Å². The summed E-state index contributed by atoms with van der Waals surface area (Å²) in [4.78, 5) is 4.04. The Balaban J connectivity index is 2.05. The highest BCUT2D eigenvalue weighted by Crippen LogP contribution is 2.31. The molecule has 0 radical (unpaired) electrons. The fourth-order valence-corrected chi connectivity index (χ4v) is 4.82. The van der Waals surface area contributed by atoms with Gasteiger partial charge < -0.3 is 11.1 Å². The maximum Gasteiger partial charge on any atom is 0.247 e. The molecule has 0 amide bonds. The number of aryl methyl sites for hydroxylation is 1. The van der Waals surface area contributed by atoms with E-state index in [1.807, 2.05) is 12.1 Å². The lowest BCUT2D eigenvalue weighted by atomic mass is 10.1. The molecule has 1 aromatic heterocycles. The minimum Gasteiger partial charge on any atom is -0.383 e. The van der Waals surface area contributed by atoms with E-state index in [0.717, 1.165) is 11.1 Å². The Bertz CT molecular complexity index is 857. The second kappa shape index (κ2) is 6.68. The second-order valence-corrected chi connectivity index (χ2v) is 8.08. The van der Waals surface area contributed by atoms with Gasteiger partial charge >= 0.3 is 0 Å². The molecule has 2 aromatic rings. The fraction of sp³-hybridized carbons (Fsp3) is 0.312. The van der Waals surface area contributed by atoms with Gasteiger partial charge in [0.25, 0.3) is 0 Å². The predicted molar refractivity (Wildman–Crippen MR) is 94.3 cm³/mol. The van der Waals surface area contributed by atoms with Crippen LogP contribution in [0.2, 0.25) is 5.02 Å². The van der Waals surface area contributed by atoms with Crippen LogP contribution >= 0.6 is 11.6 Å². The van der Waals surface area contributed by atoms with E-state index < -0.39 is 10.0 Å². The number of aromatic nitrogens is 1. The number of pyridine rings is 1. The summed E-state index contributed by atoms with van der Waals surface area (Å²) in [5.74, 6) is 0.0176. The number of sulfonamides is 1. The zero-order valence-corrected chi connectivity index (χ0v) is 14.8. The van der Waals surface area contributed by atoms with Gasteiger partial charge in [-0.25, -0.2) is 13.4 Å². The summed E-state index contributed by atoms with van der Waals surface area (Å²) in [5.41, 5.74) is 7.43. The minimum atomic E-state index is -3.76. The molecule has 3 N–H and O–H groups in total. The van der Waals surface area contributed by atoms with Gasteiger partial charge in [0.05, 0.1) is 6.04 Å². The lowest BCUT2D eigenvalue weighted by Gasteiger charge is -2.35. The number of benzene rings is 1. The van der Waals surface area contributed by atoms with Crippen molar-refractivity contribution in [2.75, 3.05) is 25.4 Å². The summed E-state index contributed by atoms with van der Waals surface area (Å²) >= 11 is 6.07. The van der Waals surface area contributed by atoms with Crippen LogP contribution in [0.1, 0.15) is 17.2 Å². The average molecular weight is 367 g/mol. The first kappa shape index (κ1) is 17.2. The van der Waals surface area contributed by atoms with Gasteiger partial charge in [-0.2, -0.15) is 4.31 Å². The molecule has 2 heterocycles. The van der Waals surface area contributed by atoms with Crippen LogP contribution in [0.5, 0.6) is 0 Å². The van der Waals surface area contributed by atoms with Crippen LogP contribution in [0.4, 0.5) is 5.82 Å². The van der Waals surface area contributed by atoms with Gasteiger partial charge in [0.2, 0.25) is 10.0 Å². The Kier molecular flexibility index (Phi) is 4.78. The number of rotatable bonds is 3. The van der Waals surface area contributed by atoms with Crippen LogP contribution in [-0.4, -0.2) is 37.3 Å². The summed E-state index contributed by atoms with van der Waals surface area (Å²) in [7, 11) is -3.76. The first-order valence-corrected chi connectivity index (χ1v) is 9.41. The van der Waals surface area contributed by atoms with Gasteiger partial charge in [-0.05, 0) is 36.2 Å². The van der Waals surface area contributed by atoms with E-state index in [1.165, 1.54) is 4.31 Å². The van der Waals surface area contributed by atoms with Crippen molar-refractivity contribution in [3.63, 3.8) is 0 Å². The summed E-state index contributed by atoms with van der Waals surface area (Å²) in [6, 6.07) is 8.47. The molecule has 0 aliphatic carbocycles. The monoisotopic (exact) mass is 366 g/mol. The number of anilines is 1. The number of piperazine rings is 1. The molecule has 0 saturated carbocycles. The van der Waals surface area contributed by atoms with Crippen molar-refractivity contribution in [1.29, 1.82) is 0 Å². The number of nitrogens with two attached hydrogens (primary N) is 1. The molecule has 0 bridgehead atoms. The SMILES string of the molecule is Cc1cnc(N)c(S(=O)(=O)N2CCNCC2c2cccc(Cl)c2)c1. The number of nitrogens with one attached hydrogen (secondary N) is 1. The second-order valence-electron chi connectivity index (χ2n) is 5.79. The van der Waals surface area contributed by atoms with Crippen molar-refractivity contribution >= 4 is 27.4 Å². The number of nitrogen functional groups attached to an aromatic ring is 1. The number of hydrogen-bond acceptors (Lipinski definition) is 5. The third-order valence-electron chi connectivity index (χ3n) is 4.03. The summed E-state index contributed by atoms with van der Waals surface area (Å²) in [6.07, 6.45) is 1.56. The maximum atomic E-state index is 13.2. The molecule has 1 atom stereocenters. The predicted octanol–water partition coefficient (Wildman–Crippen LogP) is 1.96. The van der Waals surface area contributed by atoms with Gasteiger partial charge in [-0.1, -0.05) is 23.7 Å². The highest BCUT2D eigenvalue weighted by molar-refractivity contribution is 7.89. The van der Waals surface area contributed by atoms with Gasteiger partial charge in [-0.15, -0.1) is 0 Å². The molecule has 1 aliphatic heterocycles. The fourth-order valence-electron chi connectivity index (χ4n) is 2.86. The normalized spacial score (nSPS) is 19.3. The highest BCUT2D eigenvalue weighted by Gasteiger charge is 2.35. The third-order valence-corrected chi connectivity index (χ3v) is 6.21. The van der Waals surface area contributed by atoms with Crippen LogP contribution in [0.15, 0.2) is 41.4 Å². The molecule has 1 fully saturated rings. The first-order chi connectivity index (χ1) is 11.4. The zero-order valence-electron chi connectivity index (χ0n) is 13.2. The molecule has 3 rings (SSSR count). The van der Waals surface area contributed by atoms with E-state index in [-0.39, 0.29) is 16.8 Å². The largest absolute Gasteiger partial charge is 0.383 e. The van der Waals surface area contributed by atoms with E-state index >= 15 is 0 Å². The maximum absolute atomic E-state index is 13.2. The van der Waals surface area contributed by atoms with E-state index in [0.29, 0.717) is 24.7 Å². The van der Waals surface area contributed by atoms with Crippen molar-refractivity contribution in [1.82, 2.24) is 14.6 Å². The Hall–Kier alpha value is -1.67. The van der Waals surface area contributed by atoms with Crippen LogP contribution in [0.25, 0.3) is 0 Å². The van der Waals surface area contributed by atoms with Crippen molar-refractivity contribution in [2.45, 2.75) is 17.9 Å². The topological polar surface area (TPSA) is 88.3 Å². The Morgan fingerprint density at radius 3 is 2.92 bits per heavy atom. The quantitative estimate of drug-likeness (QED) is 0.866. The summed E-state index contributed by atoms with van der Waals surface area (Å²) in [6.45, 7) is 3.23. The summed E-state index contributed by atoms with van der Waals surface area (Å²) in [5, 5.41) is 3.81. The van der Waals surface area contributed by atoms with Crippen molar-refractivity contribution < 1.29 is 8.42 Å². The van der Waals surface area contributed by atoms with E-state index in [4.69, 9.17) is 17.3 Å².